The molecule has 3 nitrogen and oxygen atoms in total. The fourth-order valence-electron chi connectivity index (χ4n) is 2.57. The molecular formula is C19H22O3. The molecule has 116 valence electrons. The van der Waals surface area contributed by atoms with Gasteiger partial charge in [0, 0.05) is 20.0 Å². The van der Waals surface area contributed by atoms with Crippen LogP contribution in [0.5, 0.6) is 0 Å². The SMILES string of the molecule is COC(Cc1cccc(CCCC(=O)O)c1)c1ccccc1. The zero-order valence-electron chi connectivity index (χ0n) is 12.9. The Bertz CT molecular complexity index is 593. The van der Waals surface area contributed by atoms with Crippen LogP contribution in [0.4, 0.5) is 0 Å². The number of hydrogen-bond acceptors (Lipinski definition) is 2. The number of rotatable bonds is 8. The third-order valence-electron chi connectivity index (χ3n) is 3.72. The predicted molar refractivity (Wildman–Crippen MR) is 86.9 cm³/mol. The van der Waals surface area contributed by atoms with Crippen LogP contribution in [0, 0.1) is 0 Å². The summed E-state index contributed by atoms with van der Waals surface area (Å²) in [4.78, 5) is 10.6. The Morgan fingerprint density at radius 1 is 1.09 bits per heavy atom. The van der Waals surface area contributed by atoms with Crippen molar-refractivity contribution in [3.05, 3.63) is 71.3 Å². The smallest absolute Gasteiger partial charge is 0.303 e. The molecule has 1 N–H and O–H groups in total. The van der Waals surface area contributed by atoms with Gasteiger partial charge in [-0.1, -0.05) is 54.6 Å². The van der Waals surface area contributed by atoms with Gasteiger partial charge < -0.3 is 9.84 Å². The van der Waals surface area contributed by atoms with Gasteiger partial charge in [0.25, 0.3) is 0 Å². The summed E-state index contributed by atoms with van der Waals surface area (Å²) in [6, 6.07) is 18.5. The lowest BCUT2D eigenvalue weighted by Gasteiger charge is -2.16. The van der Waals surface area contributed by atoms with Crippen LogP contribution >= 0.6 is 0 Å². The highest BCUT2D eigenvalue weighted by atomic mass is 16.5. The molecular weight excluding hydrogens is 276 g/mol. The second-order valence-electron chi connectivity index (χ2n) is 5.41. The normalized spacial score (nSPS) is 12.0. The maximum atomic E-state index is 10.6. The molecule has 2 aromatic rings. The lowest BCUT2D eigenvalue weighted by Crippen LogP contribution is -2.05. The van der Waals surface area contributed by atoms with Crippen molar-refractivity contribution in [2.45, 2.75) is 31.8 Å². The number of carbonyl (C=O) groups is 1. The fourth-order valence-corrected chi connectivity index (χ4v) is 2.57. The van der Waals surface area contributed by atoms with E-state index in [1.807, 2.05) is 24.3 Å². The fraction of sp³-hybridized carbons (Fsp3) is 0.316. The van der Waals surface area contributed by atoms with Crippen LogP contribution in [0.15, 0.2) is 54.6 Å². The first kappa shape index (κ1) is 16.2. The minimum Gasteiger partial charge on any atom is -0.481 e. The molecule has 0 fully saturated rings. The monoisotopic (exact) mass is 298 g/mol. The number of hydrogen-bond donors (Lipinski definition) is 1. The van der Waals surface area contributed by atoms with Crippen LogP contribution in [-0.2, 0) is 22.4 Å². The van der Waals surface area contributed by atoms with Gasteiger partial charge in [-0.15, -0.1) is 0 Å². The van der Waals surface area contributed by atoms with E-state index in [1.165, 1.54) is 16.7 Å². The van der Waals surface area contributed by atoms with Gasteiger partial charge in [0.1, 0.15) is 0 Å². The van der Waals surface area contributed by atoms with Crippen molar-refractivity contribution < 1.29 is 14.6 Å². The van der Waals surface area contributed by atoms with Crippen LogP contribution in [0.1, 0.15) is 35.6 Å². The molecule has 2 aromatic carbocycles. The Morgan fingerprint density at radius 2 is 1.82 bits per heavy atom. The number of carboxylic acids is 1. The van der Waals surface area contributed by atoms with Crippen molar-refractivity contribution in [2.24, 2.45) is 0 Å². The predicted octanol–water partition coefficient (Wildman–Crippen LogP) is 4.02. The summed E-state index contributed by atoms with van der Waals surface area (Å²) < 4.78 is 5.62. The number of aryl methyl sites for hydroxylation is 1. The van der Waals surface area contributed by atoms with Crippen molar-refractivity contribution in [1.29, 1.82) is 0 Å². The molecule has 0 saturated heterocycles. The third-order valence-corrected chi connectivity index (χ3v) is 3.72. The van der Waals surface area contributed by atoms with Crippen molar-refractivity contribution in [3.8, 4) is 0 Å². The number of carboxylic acid groups (broad SMARTS) is 1. The summed E-state index contributed by atoms with van der Waals surface area (Å²) in [5.74, 6) is -0.736. The Hall–Kier alpha value is -2.13. The molecule has 22 heavy (non-hydrogen) atoms. The summed E-state index contributed by atoms with van der Waals surface area (Å²) in [6.07, 6.45) is 2.53. The summed E-state index contributed by atoms with van der Waals surface area (Å²) in [7, 11) is 1.73. The lowest BCUT2D eigenvalue weighted by atomic mass is 9.98. The van der Waals surface area contributed by atoms with Gasteiger partial charge >= 0.3 is 5.97 Å². The summed E-state index contributed by atoms with van der Waals surface area (Å²) >= 11 is 0. The molecule has 0 heterocycles. The van der Waals surface area contributed by atoms with E-state index in [9.17, 15) is 4.79 Å². The van der Waals surface area contributed by atoms with Crippen molar-refractivity contribution in [1.82, 2.24) is 0 Å². The van der Waals surface area contributed by atoms with E-state index in [4.69, 9.17) is 9.84 Å². The largest absolute Gasteiger partial charge is 0.481 e. The van der Waals surface area contributed by atoms with E-state index in [-0.39, 0.29) is 12.5 Å². The first-order valence-corrected chi connectivity index (χ1v) is 7.56. The molecule has 3 heteroatoms. The molecule has 0 amide bonds. The molecule has 0 aliphatic rings. The summed E-state index contributed by atoms with van der Waals surface area (Å²) in [5.41, 5.74) is 3.56. The van der Waals surface area contributed by atoms with Gasteiger partial charge in [0.15, 0.2) is 0 Å². The second kappa shape index (κ2) is 8.35. The van der Waals surface area contributed by atoms with Crippen LogP contribution in [0.3, 0.4) is 0 Å². The number of aliphatic carboxylic acids is 1. The van der Waals surface area contributed by atoms with Gasteiger partial charge in [0.05, 0.1) is 6.10 Å². The van der Waals surface area contributed by atoms with Crippen LogP contribution in [0.25, 0.3) is 0 Å². The van der Waals surface area contributed by atoms with Crippen LogP contribution in [-0.4, -0.2) is 18.2 Å². The Morgan fingerprint density at radius 3 is 2.50 bits per heavy atom. The second-order valence-corrected chi connectivity index (χ2v) is 5.41. The van der Waals surface area contributed by atoms with Gasteiger partial charge in [-0.3, -0.25) is 4.79 Å². The van der Waals surface area contributed by atoms with Gasteiger partial charge in [-0.05, 0) is 29.5 Å². The van der Waals surface area contributed by atoms with E-state index >= 15 is 0 Å². The van der Waals surface area contributed by atoms with Crippen molar-refractivity contribution in [2.75, 3.05) is 7.11 Å². The Kier molecular flexibility index (Phi) is 6.16. The number of benzene rings is 2. The molecule has 0 aliphatic heterocycles. The Labute approximate surface area is 131 Å². The molecule has 1 unspecified atom stereocenters. The topological polar surface area (TPSA) is 46.5 Å². The highest BCUT2D eigenvalue weighted by Crippen LogP contribution is 2.22. The van der Waals surface area contributed by atoms with Gasteiger partial charge in [0.2, 0.25) is 0 Å². The molecule has 0 radical (unpaired) electrons. The van der Waals surface area contributed by atoms with Crippen molar-refractivity contribution >= 4 is 5.97 Å². The maximum absolute atomic E-state index is 10.6. The van der Waals surface area contributed by atoms with Crippen LogP contribution < -0.4 is 0 Å². The molecule has 1 atom stereocenters. The highest BCUT2D eigenvalue weighted by Gasteiger charge is 2.11. The maximum Gasteiger partial charge on any atom is 0.303 e. The molecule has 0 aromatic heterocycles. The van der Waals surface area contributed by atoms with E-state index in [0.717, 1.165) is 12.8 Å². The zero-order chi connectivity index (χ0) is 15.8. The van der Waals surface area contributed by atoms with E-state index in [0.29, 0.717) is 6.42 Å². The van der Waals surface area contributed by atoms with Gasteiger partial charge in [-0.25, -0.2) is 0 Å². The van der Waals surface area contributed by atoms with E-state index in [1.54, 1.807) is 7.11 Å². The summed E-state index contributed by atoms with van der Waals surface area (Å²) in [5, 5.41) is 8.71. The first-order valence-electron chi connectivity index (χ1n) is 7.56. The van der Waals surface area contributed by atoms with Crippen molar-refractivity contribution in [3.63, 3.8) is 0 Å². The quantitative estimate of drug-likeness (QED) is 0.800. The molecule has 0 bridgehead atoms. The average Bonchev–Trinajstić information content (AvgIpc) is 2.53. The molecule has 0 saturated carbocycles. The minimum atomic E-state index is -0.736. The van der Waals surface area contributed by atoms with E-state index in [2.05, 4.69) is 30.3 Å². The first-order chi connectivity index (χ1) is 10.7. The Balaban J connectivity index is 2.01. The van der Waals surface area contributed by atoms with Gasteiger partial charge in [-0.2, -0.15) is 0 Å². The molecule has 0 spiro atoms. The minimum absolute atomic E-state index is 0.0375. The summed E-state index contributed by atoms with van der Waals surface area (Å²) in [6.45, 7) is 0. The zero-order valence-corrected chi connectivity index (χ0v) is 12.9. The van der Waals surface area contributed by atoms with Crippen LogP contribution in [0.2, 0.25) is 0 Å². The third kappa shape index (κ3) is 5.01. The lowest BCUT2D eigenvalue weighted by molar-refractivity contribution is -0.137. The highest BCUT2D eigenvalue weighted by molar-refractivity contribution is 5.66. The molecule has 2 rings (SSSR count). The number of methoxy groups -OCH3 is 1. The average molecular weight is 298 g/mol. The van der Waals surface area contributed by atoms with E-state index < -0.39 is 5.97 Å². The molecule has 0 aliphatic carbocycles. The number of ether oxygens (including phenoxy) is 1. The standard InChI is InChI=1S/C19H22O3/c1-22-18(17-10-3-2-4-11-17)14-16-9-5-7-15(13-16)8-6-12-19(20)21/h2-5,7,9-11,13,18H,6,8,12,14H2,1H3,(H,20,21).